The number of fused-ring (bicyclic) bond motifs is 1. The van der Waals surface area contributed by atoms with Crippen molar-refractivity contribution in [3.8, 4) is 34.3 Å². The van der Waals surface area contributed by atoms with Gasteiger partial charge in [0.25, 0.3) is 5.91 Å². The summed E-state index contributed by atoms with van der Waals surface area (Å²) in [7, 11) is 1.48. The zero-order valence-electron chi connectivity index (χ0n) is 15.3. The summed E-state index contributed by atoms with van der Waals surface area (Å²) in [5, 5.41) is 38.2. The molecule has 8 nitrogen and oxygen atoms in total. The van der Waals surface area contributed by atoms with Crippen LogP contribution in [0.25, 0.3) is 22.3 Å². The van der Waals surface area contributed by atoms with Gasteiger partial charge in [0.15, 0.2) is 17.2 Å². The molecule has 0 unspecified atom stereocenters. The van der Waals surface area contributed by atoms with E-state index in [0.717, 1.165) is 5.56 Å². The minimum atomic E-state index is -0.647. The van der Waals surface area contributed by atoms with E-state index in [-0.39, 0.29) is 17.1 Å². The fraction of sp³-hybridized carbons (Fsp3) is 0.0476. The maximum Gasteiger partial charge on any atom is 0.274 e. The first-order valence-electron chi connectivity index (χ1n) is 8.65. The lowest BCUT2D eigenvalue weighted by molar-refractivity contribution is 0.0989. The summed E-state index contributed by atoms with van der Waals surface area (Å²) in [4.78, 5) is 21.6. The number of amides is 1. The number of aromatic nitrogens is 2. The lowest BCUT2D eigenvalue weighted by atomic mass is 10.1. The van der Waals surface area contributed by atoms with Gasteiger partial charge in [-0.3, -0.25) is 4.79 Å². The molecule has 4 rings (SSSR count). The van der Waals surface area contributed by atoms with Gasteiger partial charge in [-0.1, -0.05) is 0 Å². The highest BCUT2D eigenvalue weighted by molar-refractivity contribution is 6.07. The summed E-state index contributed by atoms with van der Waals surface area (Å²) in [6, 6.07) is 14.2. The minimum absolute atomic E-state index is 0.165. The molecule has 0 spiro atoms. The zero-order valence-corrected chi connectivity index (χ0v) is 15.3. The number of anilines is 1. The number of benzene rings is 2. The van der Waals surface area contributed by atoms with E-state index in [1.54, 1.807) is 42.5 Å². The molecule has 1 amide bonds. The van der Waals surface area contributed by atoms with Crippen molar-refractivity contribution in [2.45, 2.75) is 0 Å². The van der Waals surface area contributed by atoms with Crippen LogP contribution >= 0.6 is 0 Å². The zero-order chi connectivity index (χ0) is 20.7. The second-order valence-corrected chi connectivity index (χ2v) is 6.56. The molecule has 2 aromatic heterocycles. The lowest BCUT2D eigenvalue weighted by Crippen LogP contribution is -2.26. The largest absolute Gasteiger partial charge is 0.508 e. The SMILES string of the molecule is CN(C(=O)c1cc2nc(-c3ccc(O)cc3)ccc2[nH]1)c1cc(O)c(O)c(O)c1. The summed E-state index contributed by atoms with van der Waals surface area (Å²) >= 11 is 0. The molecule has 0 aliphatic rings. The minimum Gasteiger partial charge on any atom is -0.508 e. The molecule has 29 heavy (non-hydrogen) atoms. The van der Waals surface area contributed by atoms with Crippen molar-refractivity contribution in [3.63, 3.8) is 0 Å². The number of phenolic OH excluding ortho intramolecular Hbond substituents is 4. The monoisotopic (exact) mass is 391 g/mol. The second-order valence-electron chi connectivity index (χ2n) is 6.56. The lowest BCUT2D eigenvalue weighted by Gasteiger charge is -2.17. The maximum absolute atomic E-state index is 12.8. The molecule has 0 aliphatic heterocycles. The van der Waals surface area contributed by atoms with Gasteiger partial charge in [0.05, 0.1) is 22.4 Å². The quantitative estimate of drug-likeness (QED) is 0.341. The van der Waals surface area contributed by atoms with Crippen molar-refractivity contribution in [2.75, 3.05) is 11.9 Å². The Morgan fingerprint density at radius 3 is 2.24 bits per heavy atom. The topological polar surface area (TPSA) is 130 Å². The fourth-order valence-corrected chi connectivity index (χ4v) is 3.00. The molecule has 2 heterocycles. The second kappa shape index (κ2) is 6.75. The Balaban J connectivity index is 1.67. The first-order chi connectivity index (χ1) is 13.8. The normalized spacial score (nSPS) is 10.9. The van der Waals surface area contributed by atoms with Crippen molar-refractivity contribution in [1.82, 2.24) is 9.97 Å². The third-order valence-electron chi connectivity index (χ3n) is 4.61. The summed E-state index contributed by atoms with van der Waals surface area (Å²) in [6.07, 6.45) is 0. The van der Waals surface area contributed by atoms with Crippen LogP contribution in [0.2, 0.25) is 0 Å². The first-order valence-corrected chi connectivity index (χ1v) is 8.65. The molecule has 0 fully saturated rings. The van der Waals surface area contributed by atoms with Gasteiger partial charge < -0.3 is 30.3 Å². The number of carbonyl (C=O) groups excluding carboxylic acids is 1. The molecular formula is C21H17N3O5. The molecule has 0 atom stereocenters. The molecule has 0 radical (unpaired) electrons. The number of hydrogen-bond donors (Lipinski definition) is 5. The molecule has 0 bridgehead atoms. The van der Waals surface area contributed by atoms with Crippen LogP contribution in [0, 0.1) is 0 Å². The van der Waals surface area contributed by atoms with Crippen molar-refractivity contribution in [3.05, 3.63) is 60.3 Å². The number of rotatable bonds is 3. The van der Waals surface area contributed by atoms with Gasteiger partial charge in [0, 0.05) is 24.7 Å². The third-order valence-corrected chi connectivity index (χ3v) is 4.61. The number of nitrogens with one attached hydrogen (secondary N) is 1. The van der Waals surface area contributed by atoms with Crippen LogP contribution in [-0.2, 0) is 0 Å². The molecule has 0 aliphatic carbocycles. The van der Waals surface area contributed by atoms with Gasteiger partial charge in [-0.15, -0.1) is 0 Å². The van der Waals surface area contributed by atoms with Crippen molar-refractivity contribution in [1.29, 1.82) is 0 Å². The van der Waals surface area contributed by atoms with Crippen LogP contribution in [0.1, 0.15) is 10.5 Å². The van der Waals surface area contributed by atoms with Crippen LogP contribution in [0.3, 0.4) is 0 Å². The average molecular weight is 391 g/mol. The van der Waals surface area contributed by atoms with E-state index in [0.29, 0.717) is 16.7 Å². The Hall–Kier alpha value is -4.20. The smallest absolute Gasteiger partial charge is 0.274 e. The van der Waals surface area contributed by atoms with Gasteiger partial charge >= 0.3 is 0 Å². The molecule has 5 N–H and O–H groups in total. The Morgan fingerprint density at radius 2 is 1.59 bits per heavy atom. The highest BCUT2D eigenvalue weighted by atomic mass is 16.3. The third kappa shape index (κ3) is 3.27. The summed E-state index contributed by atoms with van der Waals surface area (Å²) in [6.45, 7) is 0. The molecule has 4 aromatic rings. The van der Waals surface area contributed by atoms with E-state index in [9.17, 15) is 25.2 Å². The number of H-pyrrole nitrogens is 1. The first kappa shape index (κ1) is 18.2. The van der Waals surface area contributed by atoms with Crippen LogP contribution in [0.15, 0.2) is 54.6 Å². The van der Waals surface area contributed by atoms with Gasteiger partial charge in [0.1, 0.15) is 11.4 Å². The van der Waals surface area contributed by atoms with Crippen LogP contribution in [0.4, 0.5) is 5.69 Å². The van der Waals surface area contributed by atoms with E-state index in [1.807, 2.05) is 0 Å². The summed E-state index contributed by atoms with van der Waals surface area (Å²) in [5.41, 5.74) is 3.25. The number of hydrogen-bond acceptors (Lipinski definition) is 6. The number of nitrogens with zero attached hydrogens (tertiary/aromatic N) is 2. The number of carbonyl (C=O) groups is 1. The maximum atomic E-state index is 12.8. The molecular weight excluding hydrogens is 374 g/mol. The van der Waals surface area contributed by atoms with Gasteiger partial charge in [0.2, 0.25) is 0 Å². The van der Waals surface area contributed by atoms with E-state index in [2.05, 4.69) is 9.97 Å². The average Bonchev–Trinajstić information content (AvgIpc) is 3.14. The highest BCUT2D eigenvalue weighted by Gasteiger charge is 2.19. The Morgan fingerprint density at radius 1 is 0.931 bits per heavy atom. The molecule has 0 saturated heterocycles. The van der Waals surface area contributed by atoms with E-state index >= 15 is 0 Å². The molecule has 0 saturated carbocycles. The van der Waals surface area contributed by atoms with Gasteiger partial charge in [-0.25, -0.2) is 4.98 Å². The van der Waals surface area contributed by atoms with E-state index in [4.69, 9.17) is 0 Å². The summed E-state index contributed by atoms with van der Waals surface area (Å²) in [5.74, 6) is -1.96. The van der Waals surface area contributed by atoms with Crippen LogP contribution in [0.5, 0.6) is 23.0 Å². The molecule has 8 heteroatoms. The Kier molecular flexibility index (Phi) is 4.23. The molecule has 2 aromatic carbocycles. The standard InChI is InChI=1S/C21H17N3O5/c1-24(12-8-18(26)20(28)19(27)9-12)21(29)17-10-16-15(23-17)7-6-14(22-16)11-2-4-13(25)5-3-11/h2-10,23,25-28H,1H3. The van der Waals surface area contributed by atoms with E-state index < -0.39 is 23.2 Å². The predicted octanol–water partition coefficient (Wildman–Crippen LogP) is 3.33. The fourth-order valence-electron chi connectivity index (χ4n) is 3.00. The van der Waals surface area contributed by atoms with Crippen molar-refractivity contribution < 1.29 is 25.2 Å². The van der Waals surface area contributed by atoms with Gasteiger partial charge in [-0.2, -0.15) is 0 Å². The van der Waals surface area contributed by atoms with E-state index in [1.165, 1.54) is 24.1 Å². The Bertz CT molecular complexity index is 1210. The van der Waals surface area contributed by atoms with Gasteiger partial charge in [-0.05, 0) is 42.5 Å². The molecule has 146 valence electrons. The van der Waals surface area contributed by atoms with Crippen LogP contribution < -0.4 is 4.90 Å². The highest BCUT2D eigenvalue weighted by Crippen LogP contribution is 2.38. The number of aromatic hydroxyl groups is 4. The van der Waals surface area contributed by atoms with Crippen molar-refractivity contribution >= 4 is 22.6 Å². The van der Waals surface area contributed by atoms with Crippen LogP contribution in [-0.4, -0.2) is 43.3 Å². The summed E-state index contributed by atoms with van der Waals surface area (Å²) < 4.78 is 0. The predicted molar refractivity (Wildman–Crippen MR) is 107 cm³/mol. The number of aromatic amines is 1. The Labute approximate surface area is 164 Å². The number of phenols is 4. The number of pyridine rings is 1. The van der Waals surface area contributed by atoms with Crippen molar-refractivity contribution in [2.24, 2.45) is 0 Å².